The standard InChI is InChI=1S/C10H14N2O3S/c1-4-3-6-8(11)5(2)9(12)7(4)10(6)16(13,14)15/h4H,3,11-12H2,1-2H3,(H,13,14,15). The summed E-state index contributed by atoms with van der Waals surface area (Å²) in [5.41, 5.74) is 14.1. The summed E-state index contributed by atoms with van der Waals surface area (Å²) in [6.07, 6.45) is 0.508. The summed E-state index contributed by atoms with van der Waals surface area (Å²) in [5.74, 6) is -0.0251. The van der Waals surface area contributed by atoms with Crippen LogP contribution in [-0.2, 0) is 16.5 Å². The molecule has 1 aliphatic carbocycles. The average molecular weight is 242 g/mol. The molecule has 1 atom stereocenters. The minimum atomic E-state index is -4.26. The van der Waals surface area contributed by atoms with E-state index in [1.54, 1.807) is 6.92 Å². The first-order valence-corrected chi connectivity index (χ1v) is 6.37. The van der Waals surface area contributed by atoms with Crippen LogP contribution in [0.25, 0.3) is 0 Å². The molecular formula is C10H14N2O3S. The van der Waals surface area contributed by atoms with E-state index in [1.165, 1.54) is 0 Å². The minimum absolute atomic E-state index is 0.0251. The van der Waals surface area contributed by atoms with E-state index in [-0.39, 0.29) is 10.8 Å². The Balaban J connectivity index is 2.95. The van der Waals surface area contributed by atoms with Gasteiger partial charge >= 0.3 is 0 Å². The number of nitrogens with two attached hydrogens (primary N) is 2. The van der Waals surface area contributed by atoms with Crippen LogP contribution in [0.5, 0.6) is 0 Å². The zero-order valence-electron chi connectivity index (χ0n) is 9.11. The zero-order chi connectivity index (χ0) is 12.2. The van der Waals surface area contributed by atoms with E-state index >= 15 is 0 Å². The molecule has 0 amide bonds. The van der Waals surface area contributed by atoms with E-state index in [1.807, 2.05) is 6.92 Å². The fourth-order valence-corrected chi connectivity index (χ4v) is 3.47. The van der Waals surface area contributed by atoms with Crippen LogP contribution in [0.15, 0.2) is 4.90 Å². The predicted octanol–water partition coefficient (Wildman–Crippen LogP) is 1.07. The lowest BCUT2D eigenvalue weighted by molar-refractivity contribution is 0.482. The van der Waals surface area contributed by atoms with Crippen LogP contribution in [0.4, 0.5) is 11.4 Å². The molecule has 0 spiro atoms. The van der Waals surface area contributed by atoms with E-state index in [0.29, 0.717) is 34.5 Å². The number of hydrogen-bond acceptors (Lipinski definition) is 4. The van der Waals surface area contributed by atoms with Crippen molar-refractivity contribution in [2.75, 3.05) is 11.5 Å². The van der Waals surface area contributed by atoms with Crippen molar-refractivity contribution in [3.8, 4) is 0 Å². The lowest BCUT2D eigenvalue weighted by atomic mass is 10.0. The number of fused-ring (bicyclic) bond motifs is 2. The van der Waals surface area contributed by atoms with Crippen molar-refractivity contribution in [1.29, 1.82) is 0 Å². The van der Waals surface area contributed by atoms with E-state index in [4.69, 9.17) is 11.5 Å². The summed E-state index contributed by atoms with van der Waals surface area (Å²) < 4.78 is 31.8. The molecule has 1 aliphatic rings. The van der Waals surface area contributed by atoms with Gasteiger partial charge in [-0.1, -0.05) is 6.92 Å². The first kappa shape index (κ1) is 11.2. The van der Waals surface area contributed by atoms with Gasteiger partial charge in [0.05, 0.1) is 0 Å². The molecule has 1 aromatic rings. The Labute approximate surface area is 94.2 Å². The normalized spacial score (nSPS) is 19.1. The van der Waals surface area contributed by atoms with Crippen LogP contribution < -0.4 is 11.5 Å². The molecule has 0 aliphatic heterocycles. The van der Waals surface area contributed by atoms with Crippen molar-refractivity contribution in [2.24, 2.45) is 0 Å². The van der Waals surface area contributed by atoms with Crippen molar-refractivity contribution >= 4 is 21.5 Å². The second-order valence-corrected chi connectivity index (χ2v) is 5.61. The van der Waals surface area contributed by atoms with Gasteiger partial charge in [-0.3, -0.25) is 4.55 Å². The second-order valence-electron chi connectivity index (χ2n) is 4.25. The van der Waals surface area contributed by atoms with E-state index in [2.05, 4.69) is 0 Å². The van der Waals surface area contributed by atoms with Crippen LogP contribution in [0.2, 0.25) is 0 Å². The van der Waals surface area contributed by atoms with Crippen molar-refractivity contribution in [1.82, 2.24) is 0 Å². The molecule has 0 radical (unpaired) electrons. The van der Waals surface area contributed by atoms with Gasteiger partial charge in [-0.05, 0) is 36.0 Å². The molecule has 88 valence electrons. The molecule has 16 heavy (non-hydrogen) atoms. The molecule has 1 unspecified atom stereocenters. The largest absolute Gasteiger partial charge is 0.398 e. The van der Waals surface area contributed by atoms with Gasteiger partial charge in [-0.2, -0.15) is 8.42 Å². The Bertz CT molecular complexity index is 578. The molecule has 5 N–H and O–H groups in total. The van der Waals surface area contributed by atoms with Gasteiger partial charge in [0.1, 0.15) is 4.90 Å². The van der Waals surface area contributed by atoms with Gasteiger partial charge in [-0.25, -0.2) is 0 Å². The summed E-state index contributed by atoms with van der Waals surface area (Å²) in [5, 5.41) is 0. The van der Waals surface area contributed by atoms with Gasteiger partial charge in [0.25, 0.3) is 10.1 Å². The van der Waals surface area contributed by atoms with Gasteiger partial charge in [0.15, 0.2) is 0 Å². The maximum atomic E-state index is 11.3. The van der Waals surface area contributed by atoms with Gasteiger partial charge in [0, 0.05) is 11.4 Å². The molecule has 5 nitrogen and oxygen atoms in total. The number of benzene rings is 1. The lowest BCUT2D eigenvalue weighted by Gasteiger charge is -2.12. The Morgan fingerprint density at radius 1 is 1.31 bits per heavy atom. The number of rotatable bonds is 1. The van der Waals surface area contributed by atoms with Crippen LogP contribution in [0.1, 0.15) is 29.5 Å². The molecule has 0 heterocycles. The highest BCUT2D eigenvalue weighted by Gasteiger charge is 2.35. The Morgan fingerprint density at radius 2 is 1.88 bits per heavy atom. The molecule has 0 aromatic heterocycles. The number of nitrogen functional groups attached to an aromatic ring is 2. The zero-order valence-corrected chi connectivity index (χ0v) is 9.93. The molecule has 0 saturated carbocycles. The third-order valence-electron chi connectivity index (χ3n) is 3.20. The van der Waals surface area contributed by atoms with Crippen molar-refractivity contribution in [3.05, 3.63) is 16.7 Å². The predicted molar refractivity (Wildman–Crippen MR) is 61.9 cm³/mol. The van der Waals surface area contributed by atoms with E-state index in [0.717, 1.165) is 0 Å². The fourth-order valence-electron chi connectivity index (χ4n) is 2.38. The topological polar surface area (TPSA) is 106 Å². The van der Waals surface area contributed by atoms with E-state index in [9.17, 15) is 13.0 Å². The SMILES string of the molecule is Cc1c(N)c2c(S(=O)(=O)O)c(c1N)C(C)C2. The molecule has 2 bridgehead atoms. The van der Waals surface area contributed by atoms with Crippen LogP contribution >= 0.6 is 0 Å². The third kappa shape index (κ3) is 1.30. The van der Waals surface area contributed by atoms with Crippen LogP contribution in [0, 0.1) is 6.92 Å². The summed E-state index contributed by atoms with van der Waals surface area (Å²) in [7, 11) is -4.26. The summed E-state index contributed by atoms with van der Waals surface area (Å²) >= 11 is 0. The second kappa shape index (κ2) is 3.11. The highest BCUT2D eigenvalue weighted by atomic mass is 32.2. The lowest BCUT2D eigenvalue weighted by Crippen LogP contribution is -2.09. The molecule has 0 fully saturated rings. The average Bonchev–Trinajstić information content (AvgIpc) is 2.47. The van der Waals surface area contributed by atoms with E-state index < -0.39 is 10.1 Å². The van der Waals surface area contributed by atoms with Crippen molar-refractivity contribution in [3.63, 3.8) is 0 Å². The van der Waals surface area contributed by atoms with Crippen molar-refractivity contribution in [2.45, 2.75) is 31.1 Å². The molecule has 2 rings (SSSR count). The Hall–Kier alpha value is -1.27. The molecule has 6 heteroatoms. The van der Waals surface area contributed by atoms with Crippen LogP contribution in [0.3, 0.4) is 0 Å². The third-order valence-corrected chi connectivity index (χ3v) is 4.19. The van der Waals surface area contributed by atoms with Gasteiger partial charge < -0.3 is 11.5 Å². The van der Waals surface area contributed by atoms with Crippen molar-refractivity contribution < 1.29 is 13.0 Å². The number of anilines is 2. The highest BCUT2D eigenvalue weighted by Crippen LogP contribution is 2.46. The van der Waals surface area contributed by atoms with Gasteiger partial charge in [-0.15, -0.1) is 0 Å². The monoisotopic (exact) mass is 242 g/mol. The molecule has 0 saturated heterocycles. The quantitative estimate of drug-likeness (QED) is 0.504. The smallest absolute Gasteiger partial charge is 0.295 e. The highest BCUT2D eigenvalue weighted by molar-refractivity contribution is 7.86. The van der Waals surface area contributed by atoms with Gasteiger partial charge in [0.2, 0.25) is 0 Å². The Morgan fingerprint density at radius 3 is 2.38 bits per heavy atom. The Kier molecular flexibility index (Phi) is 2.18. The van der Waals surface area contributed by atoms with Crippen LogP contribution in [-0.4, -0.2) is 13.0 Å². The maximum absolute atomic E-state index is 11.3. The molecular weight excluding hydrogens is 228 g/mol. The molecule has 1 aromatic carbocycles. The first-order chi connectivity index (χ1) is 7.25. The summed E-state index contributed by atoms with van der Waals surface area (Å²) in [6, 6.07) is 0. The first-order valence-electron chi connectivity index (χ1n) is 4.93. The minimum Gasteiger partial charge on any atom is -0.398 e. The summed E-state index contributed by atoms with van der Waals surface area (Å²) in [6.45, 7) is 3.62. The fraction of sp³-hybridized carbons (Fsp3) is 0.400. The maximum Gasteiger partial charge on any atom is 0.295 e. The number of hydrogen-bond donors (Lipinski definition) is 3. The summed E-state index contributed by atoms with van der Waals surface area (Å²) in [4.78, 5) is -0.0828.